The first-order valence-electron chi connectivity index (χ1n) is 25.4. The van der Waals surface area contributed by atoms with Crippen molar-refractivity contribution in [2.75, 3.05) is 52.7 Å². The smallest absolute Gasteiger partial charge is 0.244 e. The van der Waals surface area contributed by atoms with Crippen LogP contribution >= 0.6 is 0 Å². The van der Waals surface area contributed by atoms with Crippen LogP contribution in [0.15, 0.2) is 117 Å². The van der Waals surface area contributed by atoms with Crippen molar-refractivity contribution in [3.8, 4) is 0 Å². The Morgan fingerprint density at radius 2 is 1.06 bits per heavy atom. The van der Waals surface area contributed by atoms with Crippen molar-refractivity contribution in [3.63, 3.8) is 0 Å². The van der Waals surface area contributed by atoms with Crippen molar-refractivity contribution in [2.24, 2.45) is 10.8 Å². The van der Waals surface area contributed by atoms with Crippen LogP contribution in [0.2, 0.25) is 0 Å². The number of carbonyl (C=O) groups excluding carboxylic acids is 3. The highest BCUT2D eigenvalue weighted by Crippen LogP contribution is 2.41. The molecule has 374 valence electrons. The summed E-state index contributed by atoms with van der Waals surface area (Å²) in [5, 5.41) is 8.87. The van der Waals surface area contributed by atoms with Gasteiger partial charge in [0.2, 0.25) is 17.7 Å². The molecule has 0 saturated heterocycles. The van der Waals surface area contributed by atoms with Gasteiger partial charge in [-0.15, -0.1) is 0 Å². The standard InChI is InChI=1S/C58H91N3O6/c1-12-13-16-37-65-39-41-67-42-40-66-38-21-36-60-56(64)53(61-55(63)44-48(5)25-18-23-46(3)30-32-52-50(7)27-20-34-58(52,10)11)28-14-15-35-59-54(62)43-47(4)24-17-22-45(2)29-31-51-49(6)26-19-33-57(51,8)9/h17-18,22-25,29-32,43-44,53H,12-16,19-21,26-28,33-42H2,1-11H3,(H,59,62)(H,60,64)(H,61,63)/b24-17+,25-18+,31-29+,32-30+,45-22+,46-23+,47-43+,48-44+. The van der Waals surface area contributed by atoms with Crippen molar-refractivity contribution in [1.82, 2.24) is 16.0 Å². The van der Waals surface area contributed by atoms with Crippen molar-refractivity contribution in [3.05, 3.63) is 117 Å². The lowest BCUT2D eigenvalue weighted by molar-refractivity contribution is -0.127. The maximum atomic E-state index is 13.4. The van der Waals surface area contributed by atoms with E-state index in [9.17, 15) is 14.4 Å². The first-order valence-corrected chi connectivity index (χ1v) is 25.4. The van der Waals surface area contributed by atoms with Crippen LogP contribution in [-0.4, -0.2) is 76.5 Å². The second-order valence-electron chi connectivity index (χ2n) is 19.9. The number of unbranched alkanes of at least 4 members (excludes halogenated alkanes) is 3. The fourth-order valence-electron chi connectivity index (χ4n) is 8.50. The number of nitrogens with one attached hydrogen (secondary N) is 3. The van der Waals surface area contributed by atoms with E-state index in [-0.39, 0.29) is 28.6 Å². The Hall–Kier alpha value is -4.31. The highest BCUT2D eigenvalue weighted by Gasteiger charge is 2.27. The summed E-state index contributed by atoms with van der Waals surface area (Å²) in [7, 11) is 0. The van der Waals surface area contributed by atoms with E-state index in [1.165, 1.54) is 73.3 Å². The number of ether oxygens (including phenoxy) is 3. The van der Waals surface area contributed by atoms with Gasteiger partial charge in [-0.3, -0.25) is 14.4 Å². The number of carbonyl (C=O) groups is 3. The first kappa shape index (κ1) is 58.8. The minimum atomic E-state index is -0.725. The fraction of sp³-hybridized carbons (Fsp3) is 0.603. The van der Waals surface area contributed by atoms with Gasteiger partial charge in [0.15, 0.2) is 0 Å². The SMILES string of the molecule is CCCCCOCCOCCOCCCNC(=O)C(CCCCNC(=O)/C=C(C)/C=C/C=C(C)/C=C/C1=C(C)CCCC1(C)C)NC(=O)/C=C(C)/C=C/C=C(C)/C=C/C1=C(C)CCCC1(C)C. The number of allylic oxidation sites excluding steroid dienone is 18. The summed E-state index contributed by atoms with van der Waals surface area (Å²) in [5.41, 5.74) is 10.1. The van der Waals surface area contributed by atoms with Crippen molar-refractivity contribution in [1.29, 1.82) is 0 Å². The lowest BCUT2D eigenvalue weighted by Crippen LogP contribution is -2.46. The van der Waals surface area contributed by atoms with Crippen LogP contribution in [0.1, 0.15) is 160 Å². The molecule has 0 aliphatic heterocycles. The maximum Gasteiger partial charge on any atom is 0.244 e. The van der Waals surface area contributed by atoms with Gasteiger partial charge in [0.1, 0.15) is 6.04 Å². The Balaban J connectivity index is 1.91. The Labute approximate surface area is 407 Å². The molecule has 3 N–H and O–H groups in total. The first-order chi connectivity index (χ1) is 31.9. The molecule has 0 fully saturated rings. The summed E-state index contributed by atoms with van der Waals surface area (Å²) < 4.78 is 16.8. The molecule has 2 rings (SSSR count). The van der Waals surface area contributed by atoms with E-state index in [2.05, 4.69) is 109 Å². The van der Waals surface area contributed by atoms with Gasteiger partial charge in [0, 0.05) is 38.5 Å². The molecular weight excluding hydrogens is 835 g/mol. The third-order valence-corrected chi connectivity index (χ3v) is 12.5. The van der Waals surface area contributed by atoms with E-state index in [0.717, 1.165) is 41.7 Å². The van der Waals surface area contributed by atoms with Gasteiger partial charge in [0.25, 0.3) is 0 Å². The Morgan fingerprint density at radius 1 is 0.582 bits per heavy atom. The van der Waals surface area contributed by atoms with Gasteiger partial charge >= 0.3 is 0 Å². The van der Waals surface area contributed by atoms with Crippen LogP contribution in [-0.2, 0) is 28.6 Å². The monoisotopic (exact) mass is 926 g/mol. The zero-order valence-electron chi connectivity index (χ0n) is 43.8. The zero-order valence-corrected chi connectivity index (χ0v) is 43.8. The van der Waals surface area contributed by atoms with Crippen molar-refractivity contribution < 1.29 is 28.6 Å². The van der Waals surface area contributed by atoms with E-state index < -0.39 is 6.04 Å². The minimum absolute atomic E-state index is 0.164. The zero-order chi connectivity index (χ0) is 49.5. The summed E-state index contributed by atoms with van der Waals surface area (Å²) >= 11 is 0. The molecule has 0 saturated carbocycles. The normalized spacial score (nSPS) is 18.0. The van der Waals surface area contributed by atoms with Crippen LogP contribution in [0.4, 0.5) is 0 Å². The fourth-order valence-corrected chi connectivity index (χ4v) is 8.50. The van der Waals surface area contributed by atoms with Crippen molar-refractivity contribution in [2.45, 2.75) is 166 Å². The third-order valence-electron chi connectivity index (χ3n) is 12.5. The second-order valence-corrected chi connectivity index (χ2v) is 19.9. The largest absolute Gasteiger partial charge is 0.379 e. The summed E-state index contributed by atoms with van der Waals surface area (Å²) in [5.74, 6) is -0.736. The molecule has 0 aromatic rings. The van der Waals surface area contributed by atoms with E-state index >= 15 is 0 Å². The van der Waals surface area contributed by atoms with Crippen molar-refractivity contribution >= 4 is 17.7 Å². The predicted molar refractivity (Wildman–Crippen MR) is 281 cm³/mol. The van der Waals surface area contributed by atoms with E-state index in [1.807, 2.05) is 44.2 Å². The molecular formula is C58H91N3O6. The summed E-state index contributed by atoms with van der Waals surface area (Å²) in [4.78, 5) is 39.3. The van der Waals surface area contributed by atoms with Crippen LogP contribution in [0.3, 0.4) is 0 Å². The molecule has 9 nitrogen and oxygen atoms in total. The average Bonchev–Trinajstić information content (AvgIpc) is 3.25. The molecule has 1 atom stereocenters. The van der Waals surface area contributed by atoms with Crippen LogP contribution < -0.4 is 16.0 Å². The van der Waals surface area contributed by atoms with Gasteiger partial charge in [-0.1, -0.05) is 131 Å². The Morgan fingerprint density at radius 3 is 1.57 bits per heavy atom. The number of hydrogen-bond donors (Lipinski definition) is 3. The molecule has 3 amide bonds. The molecule has 2 aliphatic rings. The van der Waals surface area contributed by atoms with Gasteiger partial charge in [-0.25, -0.2) is 0 Å². The van der Waals surface area contributed by atoms with Crippen LogP contribution in [0.25, 0.3) is 0 Å². The molecule has 0 heterocycles. The Bertz CT molecular complexity index is 1860. The quantitative estimate of drug-likeness (QED) is 0.0362. The summed E-state index contributed by atoms with van der Waals surface area (Å²) in [6.45, 7) is 28.1. The molecule has 67 heavy (non-hydrogen) atoms. The molecule has 0 spiro atoms. The lowest BCUT2D eigenvalue weighted by atomic mass is 9.72. The molecule has 9 heteroatoms. The molecule has 0 bridgehead atoms. The van der Waals surface area contributed by atoms with Crippen LogP contribution in [0.5, 0.6) is 0 Å². The highest BCUT2D eigenvalue weighted by molar-refractivity contribution is 5.93. The van der Waals surface area contributed by atoms with Gasteiger partial charge in [-0.05, 0) is 145 Å². The molecule has 2 aliphatic carbocycles. The van der Waals surface area contributed by atoms with E-state index in [1.54, 1.807) is 6.08 Å². The average molecular weight is 926 g/mol. The minimum Gasteiger partial charge on any atom is -0.379 e. The molecule has 0 aromatic carbocycles. The maximum absolute atomic E-state index is 13.4. The van der Waals surface area contributed by atoms with E-state index in [4.69, 9.17) is 14.2 Å². The van der Waals surface area contributed by atoms with Gasteiger partial charge < -0.3 is 30.2 Å². The van der Waals surface area contributed by atoms with Crippen LogP contribution in [0, 0.1) is 10.8 Å². The van der Waals surface area contributed by atoms with Gasteiger partial charge in [0.05, 0.1) is 26.4 Å². The highest BCUT2D eigenvalue weighted by atomic mass is 16.5. The Kier molecular flexibility index (Phi) is 29.2. The number of amides is 3. The molecule has 0 radical (unpaired) electrons. The predicted octanol–water partition coefficient (Wildman–Crippen LogP) is 12.6. The third kappa shape index (κ3) is 26.1. The van der Waals surface area contributed by atoms with E-state index in [0.29, 0.717) is 71.8 Å². The molecule has 0 aromatic heterocycles. The second kappa shape index (κ2) is 33.2. The lowest BCUT2D eigenvalue weighted by Gasteiger charge is -2.33. The topological polar surface area (TPSA) is 115 Å². The number of rotatable bonds is 31. The molecule has 1 unspecified atom stereocenters. The number of hydrogen-bond acceptors (Lipinski definition) is 6. The summed E-state index contributed by atoms with van der Waals surface area (Å²) in [6, 6.07) is -0.725. The van der Waals surface area contributed by atoms with Gasteiger partial charge in [-0.2, -0.15) is 0 Å². The summed E-state index contributed by atoms with van der Waals surface area (Å²) in [6.07, 6.45) is 36.9.